The lowest BCUT2D eigenvalue weighted by molar-refractivity contribution is 0.668. The summed E-state index contributed by atoms with van der Waals surface area (Å²) >= 11 is 0. The molecule has 0 bridgehead atoms. The van der Waals surface area contributed by atoms with Gasteiger partial charge in [0.2, 0.25) is 0 Å². The summed E-state index contributed by atoms with van der Waals surface area (Å²) < 4.78 is 19.9. The second-order valence-corrected chi connectivity index (χ2v) is 20.2. The number of fused-ring (bicyclic) bond motifs is 16. The van der Waals surface area contributed by atoms with E-state index >= 15 is 0 Å². The molecule has 0 saturated carbocycles. The normalized spacial score (nSPS) is 12.2. The summed E-state index contributed by atoms with van der Waals surface area (Å²) in [5.41, 5.74) is 19.1. The van der Waals surface area contributed by atoms with Gasteiger partial charge in [-0.15, -0.1) is 0 Å². The third-order valence-corrected chi connectivity index (χ3v) is 16.0. The van der Waals surface area contributed by atoms with Gasteiger partial charge in [0.1, 0.15) is 28.1 Å². The maximum atomic E-state index is 6.54. The first-order valence-electron chi connectivity index (χ1n) is 26.2. The zero-order valence-electron chi connectivity index (χ0n) is 41.4. The van der Waals surface area contributed by atoms with Crippen molar-refractivity contribution in [2.45, 2.75) is 0 Å². The molecule has 0 atom stereocenters. The minimum atomic E-state index is 0.859. The molecule has 17 rings (SSSR count). The maximum Gasteiger partial charge on any atom is 0.138 e. The van der Waals surface area contributed by atoms with Crippen LogP contribution in [0.2, 0.25) is 0 Å². The summed E-state index contributed by atoms with van der Waals surface area (Å²) in [4.78, 5) is 5.41. The molecule has 0 aliphatic heterocycles. The minimum absolute atomic E-state index is 0.859. The van der Waals surface area contributed by atoms with Gasteiger partial charge in [-0.2, -0.15) is 0 Å². The Bertz CT molecular complexity index is 5300. The van der Waals surface area contributed by atoms with Crippen LogP contribution in [0.3, 0.4) is 0 Å². The summed E-state index contributed by atoms with van der Waals surface area (Å²) in [6, 6.07) is 91.5. The van der Waals surface area contributed by atoms with E-state index in [2.05, 4.69) is 256 Å². The number of pyridine rings is 1. The molecule has 0 spiro atoms. The number of benzene rings is 11. The Hall–Kier alpha value is -10.4. The van der Waals surface area contributed by atoms with E-state index in [0.717, 1.165) is 111 Å². The summed E-state index contributed by atoms with van der Waals surface area (Å²) in [5, 5.41) is 11.6. The first kappa shape index (κ1) is 42.0. The van der Waals surface area contributed by atoms with Crippen LogP contribution >= 0.6 is 0 Å². The molecule has 0 radical (unpaired) electrons. The Kier molecular flexibility index (Phi) is 8.74. The predicted octanol–water partition coefficient (Wildman–Crippen LogP) is 19.2. The molecular weight excluding hydrogens is 941 g/mol. The van der Waals surface area contributed by atoms with Crippen molar-refractivity contribution in [1.82, 2.24) is 18.7 Å². The van der Waals surface area contributed by atoms with Crippen molar-refractivity contribution in [1.29, 1.82) is 0 Å². The number of aromatic nitrogens is 4. The Morgan fingerprint density at radius 3 is 1.49 bits per heavy atom. The second kappa shape index (κ2) is 16.0. The average molecular weight is 983 g/mol. The van der Waals surface area contributed by atoms with Gasteiger partial charge in [-0.25, -0.2) is 4.98 Å². The number of hydrogen-bond acceptors (Lipinski definition) is 3. The Labute approximate surface area is 440 Å². The fourth-order valence-electron chi connectivity index (χ4n) is 12.6. The number of para-hydroxylation sites is 5. The Morgan fingerprint density at radius 1 is 0.260 bits per heavy atom. The van der Waals surface area contributed by atoms with Gasteiger partial charge in [-0.1, -0.05) is 133 Å². The van der Waals surface area contributed by atoms with Gasteiger partial charge in [0.15, 0.2) is 0 Å². The zero-order chi connectivity index (χ0) is 50.3. The van der Waals surface area contributed by atoms with Crippen molar-refractivity contribution in [2.75, 3.05) is 0 Å². The van der Waals surface area contributed by atoms with E-state index in [9.17, 15) is 0 Å². The molecule has 0 fully saturated rings. The molecule has 0 unspecified atom stereocenters. The quantitative estimate of drug-likeness (QED) is 0.167. The van der Waals surface area contributed by atoms with Gasteiger partial charge in [0.05, 0.1) is 38.8 Å². The van der Waals surface area contributed by atoms with Crippen molar-refractivity contribution in [3.63, 3.8) is 0 Å². The first-order valence-corrected chi connectivity index (χ1v) is 26.2. The molecule has 0 N–H and O–H groups in total. The molecule has 0 aliphatic carbocycles. The van der Waals surface area contributed by atoms with E-state index in [1.54, 1.807) is 0 Å². The van der Waals surface area contributed by atoms with E-state index in [1.165, 1.54) is 48.9 Å². The molecule has 17 aromatic rings. The average Bonchev–Trinajstić information content (AvgIpc) is 4.36. The standard InChI is InChI=1S/C71H42N4O2/c1-2-15-48(16-3-1)73-60-23-8-5-19-51(60)55-39-44(28-33-63(55)73)46-30-36-68-58(41-46)57-40-45(29-35-67(57)77-68)43-14-12-17-49(38-43)74-61-24-9-4-18-50(61)53-32-34-64-70(71(53)74)54-21-6-10-25-62(54)75(64)69-27-13-22-59(72-69)47-31-37-66-56(42-47)52-20-7-11-26-65(52)76-66/h1-42H. The monoisotopic (exact) mass is 982 g/mol. The molecule has 11 aromatic carbocycles. The number of nitrogens with zero attached hydrogens (tertiary/aromatic N) is 4. The van der Waals surface area contributed by atoms with Crippen LogP contribution in [-0.4, -0.2) is 18.7 Å². The van der Waals surface area contributed by atoms with Gasteiger partial charge >= 0.3 is 0 Å². The Balaban J connectivity index is 0.796. The molecule has 77 heavy (non-hydrogen) atoms. The topological polar surface area (TPSA) is 54.0 Å². The van der Waals surface area contributed by atoms with Crippen molar-refractivity contribution in [3.8, 4) is 50.7 Å². The second-order valence-electron chi connectivity index (χ2n) is 20.2. The van der Waals surface area contributed by atoms with Crippen LogP contribution < -0.4 is 0 Å². The van der Waals surface area contributed by atoms with Gasteiger partial charge in [-0.05, 0) is 144 Å². The lowest BCUT2D eigenvalue weighted by Gasteiger charge is -2.12. The highest BCUT2D eigenvalue weighted by Gasteiger charge is 2.23. The molecule has 358 valence electrons. The van der Waals surface area contributed by atoms with E-state index in [1.807, 2.05) is 12.1 Å². The number of rotatable bonds is 6. The first-order chi connectivity index (χ1) is 38.2. The zero-order valence-corrected chi connectivity index (χ0v) is 41.4. The van der Waals surface area contributed by atoms with Gasteiger partial charge in [0, 0.05) is 70.8 Å². The van der Waals surface area contributed by atoms with Crippen molar-refractivity contribution < 1.29 is 8.83 Å². The summed E-state index contributed by atoms with van der Waals surface area (Å²) in [7, 11) is 0. The largest absolute Gasteiger partial charge is 0.456 e. The fourth-order valence-corrected chi connectivity index (χ4v) is 12.6. The molecular formula is C71H42N4O2. The van der Waals surface area contributed by atoms with Crippen LogP contribution in [0, 0.1) is 0 Å². The molecule has 6 aromatic heterocycles. The summed E-state index contributed by atoms with van der Waals surface area (Å²) in [6.07, 6.45) is 0. The van der Waals surface area contributed by atoms with Crippen LogP contribution in [0.15, 0.2) is 264 Å². The van der Waals surface area contributed by atoms with Gasteiger partial charge < -0.3 is 18.0 Å². The minimum Gasteiger partial charge on any atom is -0.456 e. The molecule has 6 nitrogen and oxygen atoms in total. The van der Waals surface area contributed by atoms with E-state index < -0.39 is 0 Å². The Morgan fingerprint density at radius 2 is 0.753 bits per heavy atom. The molecule has 6 heterocycles. The van der Waals surface area contributed by atoms with Crippen LogP contribution in [0.4, 0.5) is 0 Å². The molecule has 0 aliphatic rings. The van der Waals surface area contributed by atoms with Crippen molar-refractivity contribution >= 4 is 109 Å². The third kappa shape index (κ3) is 6.21. The van der Waals surface area contributed by atoms with Gasteiger partial charge in [0.25, 0.3) is 0 Å². The van der Waals surface area contributed by atoms with E-state index in [0.29, 0.717) is 0 Å². The predicted molar refractivity (Wildman–Crippen MR) is 318 cm³/mol. The number of furan rings is 2. The smallest absolute Gasteiger partial charge is 0.138 e. The van der Waals surface area contributed by atoms with E-state index in [-0.39, 0.29) is 0 Å². The molecule has 6 heteroatoms. The van der Waals surface area contributed by atoms with Crippen LogP contribution in [0.1, 0.15) is 0 Å². The lowest BCUT2D eigenvalue weighted by atomic mass is 9.99. The van der Waals surface area contributed by atoms with Crippen LogP contribution in [0.5, 0.6) is 0 Å². The third-order valence-electron chi connectivity index (χ3n) is 16.0. The highest BCUT2D eigenvalue weighted by Crippen LogP contribution is 2.44. The van der Waals surface area contributed by atoms with Gasteiger partial charge in [-0.3, -0.25) is 4.57 Å². The summed E-state index contributed by atoms with van der Waals surface area (Å²) in [5.74, 6) is 0.859. The maximum absolute atomic E-state index is 6.54. The van der Waals surface area contributed by atoms with Crippen molar-refractivity contribution in [3.05, 3.63) is 255 Å². The molecule has 0 amide bonds. The summed E-state index contributed by atoms with van der Waals surface area (Å²) in [6.45, 7) is 0. The number of hydrogen-bond donors (Lipinski definition) is 0. The lowest BCUT2D eigenvalue weighted by Crippen LogP contribution is -1.99. The highest BCUT2D eigenvalue weighted by molar-refractivity contribution is 6.26. The van der Waals surface area contributed by atoms with Crippen LogP contribution in [0.25, 0.3) is 160 Å². The van der Waals surface area contributed by atoms with Crippen molar-refractivity contribution in [2.24, 2.45) is 0 Å². The highest BCUT2D eigenvalue weighted by atomic mass is 16.3. The SMILES string of the molecule is c1ccc(-n2c3ccccc3c3cc(-c4ccc5oc6ccc(-c7cccc(-n8c9ccccc9c9ccc%10c(c%11ccccc%11n%10-c%10cccc(-c%11ccc%12oc%13ccccc%13c%12c%11)n%10)c98)c7)cc6c5c4)ccc32)cc1. The van der Waals surface area contributed by atoms with E-state index in [4.69, 9.17) is 13.8 Å². The molecule has 0 saturated heterocycles. The van der Waals surface area contributed by atoms with Crippen LogP contribution in [-0.2, 0) is 0 Å². The fraction of sp³-hybridized carbons (Fsp3) is 0.